The minimum Gasteiger partial charge on any atom is -0.354 e. The molecule has 22 heavy (non-hydrogen) atoms. The van der Waals surface area contributed by atoms with Crippen molar-refractivity contribution in [2.75, 3.05) is 6.54 Å². The van der Waals surface area contributed by atoms with E-state index in [1.54, 1.807) is 10.9 Å². The van der Waals surface area contributed by atoms with Crippen LogP contribution in [-0.2, 0) is 11.3 Å². The molecule has 118 valence electrons. The molecule has 1 aliphatic heterocycles. The number of nitrogens with zero attached hydrogens (tertiary/aromatic N) is 4. The van der Waals surface area contributed by atoms with E-state index in [9.17, 15) is 4.79 Å². The van der Waals surface area contributed by atoms with Crippen LogP contribution in [0, 0.1) is 12.3 Å². The van der Waals surface area contributed by atoms with Crippen LogP contribution >= 0.6 is 0 Å². The number of carbonyl (C=O) groups is 1. The maximum atomic E-state index is 11.9. The van der Waals surface area contributed by atoms with Gasteiger partial charge in [-0.1, -0.05) is 0 Å². The Hall–Kier alpha value is -2.20. The van der Waals surface area contributed by atoms with Crippen LogP contribution in [0.4, 0.5) is 0 Å². The highest BCUT2D eigenvalue weighted by Gasteiger charge is 2.39. The lowest BCUT2D eigenvalue weighted by atomic mass is 10.0. The SMILES string of the molecule is C#CCCC1(CCC(=O)NCC(C)(N)Cn2cccn2)N=N1. The van der Waals surface area contributed by atoms with Gasteiger partial charge in [0.05, 0.1) is 12.1 Å². The van der Waals surface area contributed by atoms with Crippen LogP contribution in [0.15, 0.2) is 28.7 Å². The molecule has 1 aromatic rings. The van der Waals surface area contributed by atoms with Gasteiger partial charge in [0.2, 0.25) is 5.91 Å². The van der Waals surface area contributed by atoms with Crippen LogP contribution in [0.3, 0.4) is 0 Å². The van der Waals surface area contributed by atoms with E-state index in [1.807, 2.05) is 19.2 Å². The highest BCUT2D eigenvalue weighted by Crippen LogP contribution is 2.37. The average molecular weight is 302 g/mol. The van der Waals surface area contributed by atoms with Crippen LogP contribution in [0.25, 0.3) is 0 Å². The Bertz CT molecular complexity index is 563. The number of terminal acetylenes is 1. The van der Waals surface area contributed by atoms with Gasteiger partial charge in [0.15, 0.2) is 5.66 Å². The molecule has 0 spiro atoms. The summed E-state index contributed by atoms with van der Waals surface area (Å²) in [6, 6.07) is 1.84. The number of carbonyl (C=O) groups excluding carboxylic acids is 1. The van der Waals surface area contributed by atoms with Crippen LogP contribution in [0.2, 0.25) is 0 Å². The van der Waals surface area contributed by atoms with Gasteiger partial charge < -0.3 is 11.1 Å². The van der Waals surface area contributed by atoms with E-state index in [-0.39, 0.29) is 5.91 Å². The van der Waals surface area contributed by atoms with Crippen molar-refractivity contribution in [1.29, 1.82) is 0 Å². The fraction of sp³-hybridized carbons (Fsp3) is 0.600. The quantitative estimate of drug-likeness (QED) is 0.668. The zero-order chi connectivity index (χ0) is 16.1. The van der Waals surface area contributed by atoms with Crippen LogP contribution in [-0.4, -0.2) is 33.4 Å². The topological polar surface area (TPSA) is 97.7 Å². The van der Waals surface area contributed by atoms with Gasteiger partial charge in [-0.05, 0) is 13.0 Å². The second kappa shape index (κ2) is 6.71. The summed E-state index contributed by atoms with van der Waals surface area (Å²) in [6.45, 7) is 2.81. The summed E-state index contributed by atoms with van der Waals surface area (Å²) >= 11 is 0. The Balaban J connectivity index is 1.68. The fourth-order valence-corrected chi connectivity index (χ4v) is 2.19. The minimum atomic E-state index is -0.558. The maximum Gasteiger partial charge on any atom is 0.220 e. The molecular weight excluding hydrogens is 280 g/mol. The Labute approximate surface area is 130 Å². The zero-order valence-electron chi connectivity index (χ0n) is 12.8. The van der Waals surface area contributed by atoms with Gasteiger partial charge in [-0.25, -0.2) is 0 Å². The van der Waals surface area contributed by atoms with Gasteiger partial charge in [-0.2, -0.15) is 15.3 Å². The number of aromatic nitrogens is 2. The summed E-state index contributed by atoms with van der Waals surface area (Å²) in [5.41, 5.74) is 5.21. The maximum absolute atomic E-state index is 11.9. The number of hydrogen-bond acceptors (Lipinski definition) is 5. The lowest BCUT2D eigenvalue weighted by molar-refractivity contribution is -0.121. The molecule has 0 aromatic carbocycles. The van der Waals surface area contributed by atoms with Crippen LogP contribution < -0.4 is 11.1 Å². The number of nitrogens with one attached hydrogen (secondary N) is 1. The third kappa shape index (κ3) is 4.97. The molecule has 1 aliphatic rings. The lowest BCUT2D eigenvalue weighted by Crippen LogP contribution is -2.50. The van der Waals surface area contributed by atoms with Crippen molar-refractivity contribution in [2.24, 2.45) is 16.0 Å². The molecule has 1 atom stereocenters. The van der Waals surface area contributed by atoms with E-state index >= 15 is 0 Å². The molecule has 7 nitrogen and oxygen atoms in total. The molecule has 0 radical (unpaired) electrons. The summed E-state index contributed by atoms with van der Waals surface area (Å²) in [4.78, 5) is 11.9. The van der Waals surface area contributed by atoms with Crippen molar-refractivity contribution in [3.05, 3.63) is 18.5 Å². The summed E-state index contributed by atoms with van der Waals surface area (Å²) in [5.74, 6) is 2.53. The summed E-state index contributed by atoms with van der Waals surface area (Å²) in [6.07, 6.45) is 11.1. The molecule has 0 saturated carbocycles. The predicted molar refractivity (Wildman–Crippen MR) is 82.7 cm³/mol. The number of hydrogen-bond donors (Lipinski definition) is 2. The van der Waals surface area contributed by atoms with Crippen molar-refractivity contribution in [1.82, 2.24) is 15.1 Å². The highest BCUT2D eigenvalue weighted by molar-refractivity contribution is 5.76. The summed E-state index contributed by atoms with van der Waals surface area (Å²) in [7, 11) is 0. The van der Waals surface area contributed by atoms with E-state index in [4.69, 9.17) is 12.2 Å². The fourth-order valence-electron chi connectivity index (χ4n) is 2.19. The third-order valence-electron chi connectivity index (χ3n) is 3.58. The van der Waals surface area contributed by atoms with Gasteiger partial charge in [0, 0.05) is 44.6 Å². The van der Waals surface area contributed by atoms with E-state index in [0.717, 1.165) is 0 Å². The minimum absolute atomic E-state index is 0.0467. The van der Waals surface area contributed by atoms with E-state index < -0.39 is 11.2 Å². The Morgan fingerprint density at radius 2 is 2.27 bits per heavy atom. The summed E-state index contributed by atoms with van der Waals surface area (Å²) in [5, 5.41) is 15.0. The predicted octanol–water partition coefficient (Wildman–Crippen LogP) is 1.07. The van der Waals surface area contributed by atoms with Gasteiger partial charge in [0.25, 0.3) is 0 Å². The standard InChI is InChI=1S/C15H22N6O/c1-3-4-7-15(19-20-15)8-6-13(22)17-11-14(2,16)12-21-10-5-9-18-21/h1,5,9-10H,4,6-8,11-12,16H2,2H3,(H,17,22). The summed E-state index contributed by atoms with van der Waals surface area (Å²) < 4.78 is 1.75. The Morgan fingerprint density at radius 3 is 2.86 bits per heavy atom. The van der Waals surface area contributed by atoms with E-state index in [2.05, 4.69) is 26.6 Å². The Morgan fingerprint density at radius 1 is 1.50 bits per heavy atom. The monoisotopic (exact) mass is 302 g/mol. The number of amides is 1. The van der Waals surface area contributed by atoms with Gasteiger partial charge in [0.1, 0.15) is 0 Å². The molecular formula is C15H22N6O. The molecule has 1 unspecified atom stereocenters. The first kappa shape index (κ1) is 16.2. The molecule has 0 bridgehead atoms. The lowest BCUT2D eigenvalue weighted by Gasteiger charge is -2.25. The van der Waals surface area contributed by atoms with Crippen molar-refractivity contribution >= 4 is 5.91 Å². The largest absolute Gasteiger partial charge is 0.354 e. The molecule has 2 heterocycles. The average Bonchev–Trinajstić information content (AvgIpc) is 3.08. The Kier molecular flexibility index (Phi) is 4.93. The van der Waals surface area contributed by atoms with Gasteiger partial charge in [-0.15, -0.1) is 12.3 Å². The molecule has 1 amide bonds. The molecule has 0 saturated heterocycles. The zero-order valence-corrected chi connectivity index (χ0v) is 12.8. The first-order valence-corrected chi connectivity index (χ1v) is 7.35. The van der Waals surface area contributed by atoms with E-state index in [1.165, 1.54) is 0 Å². The molecule has 0 aliphatic carbocycles. The molecule has 0 fully saturated rings. The molecule has 2 rings (SSSR count). The van der Waals surface area contributed by atoms with Crippen LogP contribution in [0.5, 0.6) is 0 Å². The number of nitrogens with two attached hydrogens (primary N) is 1. The second-order valence-corrected chi connectivity index (χ2v) is 6.02. The molecule has 7 heteroatoms. The first-order chi connectivity index (χ1) is 10.4. The van der Waals surface area contributed by atoms with Crippen LogP contribution in [0.1, 0.15) is 32.6 Å². The van der Waals surface area contributed by atoms with Crippen molar-refractivity contribution < 1.29 is 4.79 Å². The smallest absolute Gasteiger partial charge is 0.220 e. The second-order valence-electron chi connectivity index (χ2n) is 6.02. The van der Waals surface area contributed by atoms with E-state index in [0.29, 0.717) is 38.8 Å². The first-order valence-electron chi connectivity index (χ1n) is 7.35. The van der Waals surface area contributed by atoms with Crippen molar-refractivity contribution in [3.63, 3.8) is 0 Å². The molecule has 3 N–H and O–H groups in total. The van der Waals surface area contributed by atoms with Crippen molar-refractivity contribution in [3.8, 4) is 12.3 Å². The normalized spacial score (nSPS) is 17.5. The highest BCUT2D eigenvalue weighted by atomic mass is 16.1. The van der Waals surface area contributed by atoms with Gasteiger partial charge in [-0.3, -0.25) is 9.48 Å². The van der Waals surface area contributed by atoms with Crippen molar-refractivity contribution in [2.45, 2.75) is 50.4 Å². The van der Waals surface area contributed by atoms with Gasteiger partial charge >= 0.3 is 0 Å². The molecule has 1 aromatic heterocycles. The number of rotatable bonds is 9. The third-order valence-corrected chi connectivity index (χ3v) is 3.58.